The van der Waals surface area contributed by atoms with E-state index < -0.39 is 51.9 Å². The summed E-state index contributed by atoms with van der Waals surface area (Å²) in [5.41, 5.74) is -1.44. The number of alkyl halides is 3. The van der Waals surface area contributed by atoms with Gasteiger partial charge < -0.3 is 10.2 Å². The zero-order valence-corrected chi connectivity index (χ0v) is 26.4. The Morgan fingerprint density at radius 3 is 2.05 bits per heavy atom. The summed E-state index contributed by atoms with van der Waals surface area (Å²) in [5, 5.41) is 2.79. The van der Waals surface area contributed by atoms with Crippen LogP contribution in [0.1, 0.15) is 38.3 Å². The summed E-state index contributed by atoms with van der Waals surface area (Å²) in [6.45, 7) is 3.82. The van der Waals surface area contributed by atoms with Crippen molar-refractivity contribution < 1.29 is 31.2 Å². The van der Waals surface area contributed by atoms with E-state index in [9.17, 15) is 31.2 Å². The third kappa shape index (κ3) is 8.35. The molecular formula is C29H29Cl3F3N3O4S. The number of nitrogens with zero attached hydrogens (tertiary/aromatic N) is 2. The molecule has 0 heterocycles. The second-order valence-electron chi connectivity index (χ2n) is 9.80. The van der Waals surface area contributed by atoms with Crippen LogP contribution in [-0.2, 0) is 32.3 Å². The summed E-state index contributed by atoms with van der Waals surface area (Å²) >= 11 is 19.0. The van der Waals surface area contributed by atoms with Gasteiger partial charge in [-0.1, -0.05) is 66.0 Å². The number of nitrogens with one attached hydrogen (secondary N) is 1. The van der Waals surface area contributed by atoms with Crippen LogP contribution in [0.15, 0.2) is 71.6 Å². The Morgan fingerprint density at radius 1 is 0.907 bits per heavy atom. The number of halogens is 6. The van der Waals surface area contributed by atoms with Crippen molar-refractivity contribution in [1.29, 1.82) is 0 Å². The van der Waals surface area contributed by atoms with Gasteiger partial charge in [0.05, 0.1) is 21.2 Å². The molecule has 0 aliphatic carbocycles. The van der Waals surface area contributed by atoms with Gasteiger partial charge in [0.2, 0.25) is 11.8 Å². The van der Waals surface area contributed by atoms with Gasteiger partial charge in [0, 0.05) is 28.2 Å². The number of anilines is 1. The van der Waals surface area contributed by atoms with Crippen LogP contribution >= 0.6 is 34.8 Å². The first-order chi connectivity index (χ1) is 20.1. The molecule has 3 aromatic carbocycles. The third-order valence-corrected chi connectivity index (χ3v) is 9.16. The first-order valence-electron chi connectivity index (χ1n) is 13.0. The molecule has 43 heavy (non-hydrogen) atoms. The fourth-order valence-electron chi connectivity index (χ4n) is 4.27. The summed E-state index contributed by atoms with van der Waals surface area (Å²) < 4.78 is 69.3. The van der Waals surface area contributed by atoms with Gasteiger partial charge in [0.1, 0.15) is 12.6 Å². The van der Waals surface area contributed by atoms with Crippen molar-refractivity contribution >= 4 is 62.3 Å². The Labute approximate surface area is 263 Å². The van der Waals surface area contributed by atoms with E-state index in [2.05, 4.69) is 5.32 Å². The van der Waals surface area contributed by atoms with Gasteiger partial charge in [-0.2, -0.15) is 13.2 Å². The number of benzene rings is 3. The minimum absolute atomic E-state index is 0.113. The van der Waals surface area contributed by atoms with E-state index in [1.54, 1.807) is 32.9 Å². The van der Waals surface area contributed by atoms with Crippen molar-refractivity contribution in [3.8, 4) is 0 Å². The monoisotopic (exact) mass is 677 g/mol. The Morgan fingerprint density at radius 2 is 1.51 bits per heavy atom. The van der Waals surface area contributed by atoms with Gasteiger partial charge in [-0.3, -0.25) is 13.9 Å². The molecule has 0 bridgehead atoms. The maximum atomic E-state index is 14.1. The summed E-state index contributed by atoms with van der Waals surface area (Å²) in [5.74, 6) is -1.43. The average Bonchev–Trinajstić information content (AvgIpc) is 2.93. The highest BCUT2D eigenvalue weighted by atomic mass is 35.5. The molecule has 0 radical (unpaired) electrons. The molecule has 7 nitrogen and oxygen atoms in total. The SMILES string of the molecule is CCC(C(=O)NC(C)C)N(Cc1c(Cl)cccc1Cl)C(=O)CN(c1cc(C(F)(F)F)ccc1Cl)S(=O)(=O)c1ccccc1. The Bertz CT molecular complexity index is 1550. The highest BCUT2D eigenvalue weighted by molar-refractivity contribution is 7.92. The highest BCUT2D eigenvalue weighted by Crippen LogP contribution is 2.37. The quantitative estimate of drug-likeness (QED) is 0.233. The lowest BCUT2D eigenvalue weighted by molar-refractivity contribution is -0.140. The van der Waals surface area contributed by atoms with Crippen LogP contribution in [0.2, 0.25) is 15.1 Å². The van der Waals surface area contributed by atoms with E-state index in [4.69, 9.17) is 34.8 Å². The van der Waals surface area contributed by atoms with Gasteiger partial charge in [-0.25, -0.2) is 8.42 Å². The lowest BCUT2D eigenvalue weighted by Gasteiger charge is -2.34. The van der Waals surface area contributed by atoms with Crippen molar-refractivity contribution in [3.63, 3.8) is 0 Å². The van der Waals surface area contributed by atoms with Crippen LogP contribution in [-0.4, -0.2) is 43.8 Å². The summed E-state index contributed by atoms with van der Waals surface area (Å²) in [6.07, 6.45) is -4.72. The molecule has 0 aromatic heterocycles. The second kappa shape index (κ2) is 14.2. The van der Waals surface area contributed by atoms with Gasteiger partial charge in [0.15, 0.2) is 0 Å². The molecule has 232 valence electrons. The minimum Gasteiger partial charge on any atom is -0.352 e. The van der Waals surface area contributed by atoms with Crippen LogP contribution in [0.5, 0.6) is 0 Å². The van der Waals surface area contributed by atoms with Crippen LogP contribution in [0.4, 0.5) is 18.9 Å². The molecule has 1 N–H and O–H groups in total. The standard InChI is InChI=1S/C29H29Cl3F3N3O4S/c1-4-25(28(40)36-18(2)3)37(16-21-22(30)11-8-12-23(21)31)27(39)17-38(43(41,42)20-9-6-5-7-10-20)26-15-19(29(33,34)35)13-14-24(26)32/h5-15,18,25H,4,16-17H2,1-3H3,(H,36,40). The maximum absolute atomic E-state index is 14.1. The first-order valence-corrected chi connectivity index (χ1v) is 15.6. The highest BCUT2D eigenvalue weighted by Gasteiger charge is 2.37. The summed E-state index contributed by atoms with van der Waals surface area (Å²) in [6, 6.07) is 12.3. The Balaban J connectivity index is 2.20. The fourth-order valence-corrected chi connectivity index (χ4v) is 6.50. The van der Waals surface area contributed by atoms with Gasteiger partial charge >= 0.3 is 6.18 Å². The minimum atomic E-state index is -4.83. The van der Waals surface area contributed by atoms with Crippen LogP contribution in [0, 0.1) is 0 Å². The van der Waals surface area contributed by atoms with E-state index in [-0.39, 0.29) is 39.0 Å². The van der Waals surface area contributed by atoms with E-state index in [0.717, 1.165) is 11.0 Å². The molecule has 0 aliphatic heterocycles. The smallest absolute Gasteiger partial charge is 0.352 e. The number of carbonyl (C=O) groups excluding carboxylic acids is 2. The number of rotatable bonds is 11. The normalized spacial score (nSPS) is 12.6. The van der Waals surface area contributed by atoms with E-state index >= 15 is 0 Å². The van der Waals surface area contributed by atoms with Crippen molar-refractivity contribution in [2.45, 2.75) is 56.9 Å². The second-order valence-corrected chi connectivity index (χ2v) is 12.9. The number of carbonyl (C=O) groups is 2. The topological polar surface area (TPSA) is 86.8 Å². The number of hydrogen-bond donors (Lipinski definition) is 1. The van der Waals surface area contributed by atoms with Crippen molar-refractivity contribution in [2.24, 2.45) is 0 Å². The zero-order chi connectivity index (χ0) is 32.1. The molecule has 0 saturated carbocycles. The molecule has 0 aliphatic rings. The molecule has 1 atom stereocenters. The summed E-state index contributed by atoms with van der Waals surface area (Å²) in [7, 11) is -4.65. The molecule has 3 aromatic rings. The molecular weight excluding hydrogens is 650 g/mol. The van der Waals surface area contributed by atoms with Crippen molar-refractivity contribution in [3.05, 3.63) is 92.9 Å². The predicted molar refractivity (Wildman–Crippen MR) is 162 cm³/mol. The van der Waals surface area contributed by atoms with Gasteiger partial charge in [-0.15, -0.1) is 0 Å². The average molecular weight is 679 g/mol. The predicted octanol–water partition coefficient (Wildman–Crippen LogP) is 7.19. The van der Waals surface area contributed by atoms with Gasteiger partial charge in [0.25, 0.3) is 10.0 Å². The van der Waals surface area contributed by atoms with E-state index in [0.29, 0.717) is 22.0 Å². The molecule has 0 spiro atoms. The van der Waals surface area contributed by atoms with Crippen molar-refractivity contribution in [2.75, 3.05) is 10.8 Å². The fraction of sp³-hybridized carbons (Fsp3) is 0.310. The molecule has 1 unspecified atom stereocenters. The van der Waals surface area contributed by atoms with Crippen LogP contribution in [0.25, 0.3) is 0 Å². The summed E-state index contributed by atoms with van der Waals surface area (Å²) in [4.78, 5) is 28.1. The molecule has 3 rings (SSSR count). The lowest BCUT2D eigenvalue weighted by atomic mass is 10.1. The zero-order valence-electron chi connectivity index (χ0n) is 23.3. The largest absolute Gasteiger partial charge is 0.416 e. The Kier molecular flexibility index (Phi) is 11.4. The van der Waals surface area contributed by atoms with Crippen LogP contribution in [0.3, 0.4) is 0 Å². The molecule has 2 amide bonds. The number of sulfonamides is 1. The van der Waals surface area contributed by atoms with E-state index in [1.807, 2.05) is 0 Å². The van der Waals surface area contributed by atoms with Gasteiger partial charge in [-0.05, 0) is 62.7 Å². The molecule has 14 heteroatoms. The number of amides is 2. The van der Waals surface area contributed by atoms with Crippen molar-refractivity contribution in [1.82, 2.24) is 10.2 Å². The Hall–Kier alpha value is -2.99. The third-order valence-electron chi connectivity index (χ3n) is 6.36. The lowest BCUT2D eigenvalue weighted by Crippen LogP contribution is -2.53. The maximum Gasteiger partial charge on any atom is 0.416 e. The molecule has 0 saturated heterocycles. The molecule has 0 fully saturated rings. The van der Waals surface area contributed by atoms with E-state index in [1.165, 1.54) is 36.4 Å². The number of hydrogen-bond acceptors (Lipinski definition) is 4. The first kappa shape index (κ1) is 34.5. The van der Waals surface area contributed by atoms with Crippen LogP contribution < -0.4 is 9.62 Å².